The van der Waals surface area contributed by atoms with E-state index in [0.29, 0.717) is 6.54 Å². The Bertz CT molecular complexity index is 802. The Balaban J connectivity index is 1.68. The van der Waals surface area contributed by atoms with Crippen molar-refractivity contribution >= 4 is 11.7 Å². The first-order valence-electron chi connectivity index (χ1n) is 8.29. The maximum Gasteiger partial charge on any atom is 0.319 e. The summed E-state index contributed by atoms with van der Waals surface area (Å²) in [6, 6.07) is 13.2. The normalized spacial score (nSPS) is 11.7. The van der Waals surface area contributed by atoms with E-state index in [0.717, 1.165) is 23.2 Å². The molecule has 0 fully saturated rings. The Hall–Kier alpha value is -3.15. The number of pyridine rings is 1. The number of benzene rings is 1. The van der Waals surface area contributed by atoms with E-state index >= 15 is 0 Å². The SMILES string of the molecule is CCC(NC(=O)Nc1ccccc1Cn1cccn1)c1ccncc1. The van der Waals surface area contributed by atoms with Gasteiger partial charge in [-0.2, -0.15) is 5.10 Å². The van der Waals surface area contributed by atoms with Crippen LogP contribution in [0.25, 0.3) is 0 Å². The van der Waals surface area contributed by atoms with Crippen molar-refractivity contribution in [2.24, 2.45) is 0 Å². The van der Waals surface area contributed by atoms with Crippen molar-refractivity contribution < 1.29 is 4.79 Å². The van der Waals surface area contributed by atoms with Gasteiger partial charge in [0.1, 0.15) is 0 Å². The molecule has 3 rings (SSSR count). The van der Waals surface area contributed by atoms with E-state index in [-0.39, 0.29) is 12.1 Å². The lowest BCUT2D eigenvalue weighted by atomic mass is 10.1. The zero-order valence-electron chi connectivity index (χ0n) is 14.1. The number of nitrogens with one attached hydrogen (secondary N) is 2. The summed E-state index contributed by atoms with van der Waals surface area (Å²) in [5.41, 5.74) is 2.82. The molecule has 3 aromatic rings. The fraction of sp³-hybridized carbons (Fsp3) is 0.211. The monoisotopic (exact) mass is 335 g/mol. The molecule has 0 aliphatic heterocycles. The maximum atomic E-state index is 12.4. The van der Waals surface area contributed by atoms with Gasteiger partial charge in [0.25, 0.3) is 0 Å². The van der Waals surface area contributed by atoms with E-state index in [4.69, 9.17) is 0 Å². The van der Waals surface area contributed by atoms with Gasteiger partial charge in [0.15, 0.2) is 0 Å². The Morgan fingerprint density at radius 3 is 2.64 bits per heavy atom. The number of aromatic nitrogens is 3. The summed E-state index contributed by atoms with van der Waals surface area (Å²) < 4.78 is 1.82. The number of hydrogen-bond acceptors (Lipinski definition) is 3. The Kier molecular flexibility index (Phi) is 5.41. The van der Waals surface area contributed by atoms with Crippen LogP contribution in [0.2, 0.25) is 0 Å². The summed E-state index contributed by atoms with van der Waals surface area (Å²) >= 11 is 0. The Morgan fingerprint density at radius 2 is 1.92 bits per heavy atom. The average molecular weight is 335 g/mol. The summed E-state index contributed by atoms with van der Waals surface area (Å²) in [5.74, 6) is 0. The standard InChI is InChI=1S/C19H21N5O/c1-2-17(15-8-11-20-12-9-15)22-19(25)23-18-7-4-3-6-16(18)14-24-13-5-10-21-24/h3-13,17H,2,14H2,1H3,(H2,22,23,25). The second-order valence-corrected chi connectivity index (χ2v) is 5.70. The fourth-order valence-corrected chi connectivity index (χ4v) is 2.68. The van der Waals surface area contributed by atoms with Gasteiger partial charge >= 0.3 is 6.03 Å². The molecular formula is C19H21N5O. The summed E-state index contributed by atoms with van der Waals surface area (Å²) in [4.78, 5) is 16.5. The Labute approximate surface area is 146 Å². The number of para-hydroxylation sites is 1. The van der Waals surface area contributed by atoms with Gasteiger partial charge in [0.2, 0.25) is 0 Å². The van der Waals surface area contributed by atoms with E-state index in [2.05, 4.69) is 20.7 Å². The predicted octanol–water partition coefficient (Wildman–Crippen LogP) is 3.60. The molecule has 1 aromatic carbocycles. The van der Waals surface area contributed by atoms with Crippen molar-refractivity contribution in [3.05, 3.63) is 78.4 Å². The number of carbonyl (C=O) groups excluding carboxylic acids is 1. The molecule has 2 heterocycles. The van der Waals surface area contributed by atoms with Crippen LogP contribution in [0.15, 0.2) is 67.3 Å². The third kappa shape index (κ3) is 4.44. The average Bonchev–Trinajstić information content (AvgIpc) is 3.15. The van der Waals surface area contributed by atoms with E-state index in [1.165, 1.54) is 0 Å². The molecule has 2 N–H and O–H groups in total. The lowest BCUT2D eigenvalue weighted by Crippen LogP contribution is -2.32. The highest BCUT2D eigenvalue weighted by atomic mass is 16.2. The molecule has 1 unspecified atom stereocenters. The number of carbonyl (C=O) groups is 1. The predicted molar refractivity (Wildman–Crippen MR) is 97.2 cm³/mol. The third-order valence-electron chi connectivity index (χ3n) is 3.98. The van der Waals surface area contributed by atoms with Gasteiger partial charge in [0, 0.05) is 30.5 Å². The van der Waals surface area contributed by atoms with Crippen LogP contribution < -0.4 is 10.6 Å². The first kappa shape index (κ1) is 16.7. The molecule has 1 atom stereocenters. The van der Waals surface area contributed by atoms with Crippen molar-refractivity contribution in [1.29, 1.82) is 0 Å². The van der Waals surface area contributed by atoms with Gasteiger partial charge in [-0.15, -0.1) is 0 Å². The summed E-state index contributed by atoms with van der Waals surface area (Å²) in [6.07, 6.45) is 7.90. The Morgan fingerprint density at radius 1 is 1.12 bits per heavy atom. The van der Waals surface area contributed by atoms with Crippen LogP contribution in [-0.2, 0) is 6.54 Å². The van der Waals surface area contributed by atoms with Gasteiger partial charge in [-0.25, -0.2) is 4.79 Å². The second kappa shape index (κ2) is 8.10. The minimum atomic E-state index is -0.225. The van der Waals surface area contributed by atoms with Crippen LogP contribution in [0.1, 0.15) is 30.5 Å². The minimum absolute atomic E-state index is 0.0544. The molecule has 0 radical (unpaired) electrons. The highest BCUT2D eigenvalue weighted by molar-refractivity contribution is 5.90. The van der Waals surface area contributed by atoms with Crippen molar-refractivity contribution in [3.8, 4) is 0 Å². The molecule has 6 nitrogen and oxygen atoms in total. The van der Waals surface area contributed by atoms with E-state index in [9.17, 15) is 4.79 Å². The van der Waals surface area contributed by atoms with E-state index in [1.54, 1.807) is 18.6 Å². The highest BCUT2D eigenvalue weighted by Crippen LogP contribution is 2.18. The van der Waals surface area contributed by atoms with Crippen molar-refractivity contribution in [2.75, 3.05) is 5.32 Å². The lowest BCUT2D eigenvalue weighted by molar-refractivity contribution is 0.248. The number of amides is 2. The molecule has 25 heavy (non-hydrogen) atoms. The zero-order chi connectivity index (χ0) is 17.5. The zero-order valence-corrected chi connectivity index (χ0v) is 14.1. The number of nitrogens with zero attached hydrogens (tertiary/aromatic N) is 3. The summed E-state index contributed by atoms with van der Waals surface area (Å²) in [7, 11) is 0. The molecule has 0 saturated carbocycles. The van der Waals surface area contributed by atoms with E-state index < -0.39 is 0 Å². The third-order valence-corrected chi connectivity index (χ3v) is 3.98. The van der Waals surface area contributed by atoms with Crippen LogP contribution in [0, 0.1) is 0 Å². The quantitative estimate of drug-likeness (QED) is 0.723. The number of urea groups is 1. The maximum absolute atomic E-state index is 12.4. The van der Waals surface area contributed by atoms with E-state index in [1.807, 2.05) is 60.3 Å². The molecule has 0 spiro atoms. The van der Waals surface area contributed by atoms with Gasteiger partial charge in [-0.05, 0) is 41.8 Å². The summed E-state index contributed by atoms with van der Waals surface area (Å²) in [5, 5.41) is 10.2. The first-order valence-corrected chi connectivity index (χ1v) is 8.29. The van der Waals surface area contributed by atoms with Gasteiger partial charge in [0.05, 0.1) is 12.6 Å². The summed E-state index contributed by atoms with van der Waals surface area (Å²) in [6.45, 7) is 2.64. The van der Waals surface area contributed by atoms with Crippen molar-refractivity contribution in [3.63, 3.8) is 0 Å². The van der Waals surface area contributed by atoms with Crippen LogP contribution in [0.5, 0.6) is 0 Å². The van der Waals surface area contributed by atoms with Crippen molar-refractivity contribution in [1.82, 2.24) is 20.1 Å². The highest BCUT2D eigenvalue weighted by Gasteiger charge is 2.13. The smallest absolute Gasteiger partial charge is 0.319 e. The van der Waals surface area contributed by atoms with Crippen LogP contribution >= 0.6 is 0 Å². The minimum Gasteiger partial charge on any atom is -0.331 e. The molecule has 0 aliphatic rings. The van der Waals surface area contributed by atoms with Crippen molar-refractivity contribution in [2.45, 2.75) is 25.9 Å². The second-order valence-electron chi connectivity index (χ2n) is 5.70. The van der Waals surface area contributed by atoms with Gasteiger partial charge in [-0.1, -0.05) is 25.1 Å². The topological polar surface area (TPSA) is 71.8 Å². The van der Waals surface area contributed by atoms with Gasteiger partial charge < -0.3 is 10.6 Å². The van der Waals surface area contributed by atoms with Crippen LogP contribution in [0.4, 0.5) is 10.5 Å². The molecule has 0 bridgehead atoms. The van der Waals surface area contributed by atoms with Crippen LogP contribution in [-0.4, -0.2) is 20.8 Å². The lowest BCUT2D eigenvalue weighted by Gasteiger charge is -2.18. The number of rotatable bonds is 6. The number of hydrogen-bond donors (Lipinski definition) is 2. The molecule has 6 heteroatoms. The first-order chi connectivity index (χ1) is 12.3. The molecule has 0 saturated heterocycles. The molecule has 2 amide bonds. The largest absolute Gasteiger partial charge is 0.331 e. The molecule has 2 aromatic heterocycles. The number of anilines is 1. The molecule has 128 valence electrons. The molecule has 0 aliphatic carbocycles. The fourth-order valence-electron chi connectivity index (χ4n) is 2.68. The van der Waals surface area contributed by atoms with Crippen LogP contribution in [0.3, 0.4) is 0 Å². The van der Waals surface area contributed by atoms with Gasteiger partial charge in [-0.3, -0.25) is 9.67 Å². The molecular weight excluding hydrogens is 314 g/mol.